The largest absolute Gasteiger partial charge is 0.456 e. The predicted molar refractivity (Wildman–Crippen MR) is 118 cm³/mol. The van der Waals surface area contributed by atoms with Gasteiger partial charge in [0, 0.05) is 47.6 Å². The first-order valence-electron chi connectivity index (χ1n) is 9.99. The number of fused-ring (bicyclic) bond motifs is 6. The zero-order valence-corrected chi connectivity index (χ0v) is 17.5. The Morgan fingerprint density at radius 2 is 1.70 bits per heavy atom. The molecular weight excluding hydrogens is 400 g/mol. The number of carbonyl (C=O) groups is 1. The van der Waals surface area contributed by atoms with E-state index in [1.54, 1.807) is 18.2 Å². The first kappa shape index (κ1) is 18.8. The number of carbonyl (C=O) groups excluding carboxylic acids is 1. The molecule has 0 radical (unpaired) electrons. The minimum atomic E-state index is -1.13. The molecule has 0 saturated heterocycles. The van der Waals surface area contributed by atoms with E-state index in [4.69, 9.17) is 26.8 Å². The van der Waals surface area contributed by atoms with Crippen LogP contribution >= 0.6 is 11.6 Å². The highest BCUT2D eigenvalue weighted by Gasteiger charge is 2.53. The molecule has 0 aromatic heterocycles. The van der Waals surface area contributed by atoms with Gasteiger partial charge in [0.05, 0.1) is 16.3 Å². The smallest absolute Gasteiger partial charge is 0.340 e. The fourth-order valence-corrected chi connectivity index (χ4v) is 4.64. The third-order valence-electron chi connectivity index (χ3n) is 5.94. The molecule has 3 aromatic carbocycles. The van der Waals surface area contributed by atoms with Crippen LogP contribution in [0.15, 0.2) is 54.6 Å². The molecule has 2 aliphatic rings. The van der Waals surface area contributed by atoms with Gasteiger partial charge in [0.15, 0.2) is 5.60 Å². The number of nitrogens with two attached hydrogens (primary N) is 1. The van der Waals surface area contributed by atoms with Crippen LogP contribution in [0.4, 0.5) is 11.4 Å². The quantitative estimate of drug-likeness (QED) is 0.458. The number of nitrogen functional groups attached to an aromatic ring is 1. The number of ether oxygens (including phenoxy) is 2. The minimum absolute atomic E-state index is 0.370. The van der Waals surface area contributed by atoms with Crippen LogP contribution in [0.5, 0.6) is 11.5 Å². The second-order valence-electron chi connectivity index (χ2n) is 7.44. The Morgan fingerprint density at radius 1 is 0.967 bits per heavy atom. The van der Waals surface area contributed by atoms with Gasteiger partial charge < -0.3 is 20.1 Å². The van der Waals surface area contributed by atoms with Crippen molar-refractivity contribution in [1.82, 2.24) is 0 Å². The minimum Gasteiger partial charge on any atom is -0.456 e. The number of rotatable bonds is 3. The van der Waals surface area contributed by atoms with Crippen molar-refractivity contribution in [2.75, 3.05) is 23.7 Å². The summed E-state index contributed by atoms with van der Waals surface area (Å²) in [6, 6.07) is 16.9. The van der Waals surface area contributed by atoms with Gasteiger partial charge in [-0.1, -0.05) is 29.8 Å². The molecule has 2 N–H and O–H groups in total. The van der Waals surface area contributed by atoms with Crippen molar-refractivity contribution >= 4 is 28.9 Å². The normalized spacial score (nSPS) is 18.3. The molecule has 0 aliphatic carbocycles. The number of nitrogens with zero attached hydrogens (tertiary/aromatic N) is 1. The van der Waals surface area contributed by atoms with Crippen molar-refractivity contribution < 1.29 is 14.3 Å². The molecule has 1 unspecified atom stereocenters. The van der Waals surface area contributed by atoms with Crippen LogP contribution in [0.3, 0.4) is 0 Å². The molecule has 1 spiro atoms. The number of esters is 1. The Kier molecular flexibility index (Phi) is 4.19. The highest BCUT2D eigenvalue weighted by molar-refractivity contribution is 6.33. The summed E-state index contributed by atoms with van der Waals surface area (Å²) < 4.78 is 12.4. The number of anilines is 2. The van der Waals surface area contributed by atoms with Gasteiger partial charge in [0.1, 0.15) is 11.5 Å². The molecule has 30 heavy (non-hydrogen) atoms. The van der Waals surface area contributed by atoms with E-state index in [-0.39, 0.29) is 5.97 Å². The maximum atomic E-state index is 12.8. The van der Waals surface area contributed by atoms with Crippen molar-refractivity contribution in [2.24, 2.45) is 0 Å². The van der Waals surface area contributed by atoms with Gasteiger partial charge in [-0.15, -0.1) is 0 Å². The lowest BCUT2D eigenvalue weighted by molar-refractivity contribution is 0.0224. The predicted octanol–water partition coefficient (Wildman–Crippen LogP) is 5.34. The lowest BCUT2D eigenvalue weighted by atomic mass is 9.77. The van der Waals surface area contributed by atoms with Crippen molar-refractivity contribution in [3.05, 3.63) is 81.9 Å². The van der Waals surface area contributed by atoms with Gasteiger partial charge in [-0.2, -0.15) is 0 Å². The van der Waals surface area contributed by atoms with Crippen molar-refractivity contribution in [2.45, 2.75) is 19.4 Å². The molecule has 5 rings (SSSR count). The molecule has 5 nitrogen and oxygen atoms in total. The van der Waals surface area contributed by atoms with Gasteiger partial charge in [0.2, 0.25) is 0 Å². The highest BCUT2D eigenvalue weighted by Crippen LogP contribution is 2.57. The Labute approximate surface area is 180 Å². The van der Waals surface area contributed by atoms with Crippen LogP contribution in [0, 0.1) is 0 Å². The van der Waals surface area contributed by atoms with E-state index in [0.717, 1.165) is 29.9 Å². The highest BCUT2D eigenvalue weighted by atomic mass is 35.5. The number of hydrogen-bond donors (Lipinski definition) is 1. The monoisotopic (exact) mass is 420 g/mol. The number of hydrogen-bond acceptors (Lipinski definition) is 5. The Balaban J connectivity index is 1.82. The lowest BCUT2D eigenvalue weighted by Gasteiger charge is -2.37. The van der Waals surface area contributed by atoms with Gasteiger partial charge in [0.25, 0.3) is 0 Å². The van der Waals surface area contributed by atoms with Gasteiger partial charge in [-0.25, -0.2) is 4.79 Å². The summed E-state index contributed by atoms with van der Waals surface area (Å²) >= 11 is 6.30. The second kappa shape index (κ2) is 6.67. The number of halogens is 1. The standard InChI is InChI=1S/C24H21ClN2O3/c1-3-27(4-2)14-9-10-17-21(11-14)29-22-13-19(25)20(26)12-18(22)24(17)16-8-6-5-7-15(16)23(28)30-24/h5-13H,3-4,26H2,1-2H3. The molecule has 0 amide bonds. The van der Waals surface area contributed by atoms with Crippen LogP contribution in [0.25, 0.3) is 0 Å². The van der Waals surface area contributed by atoms with Gasteiger partial charge in [-0.05, 0) is 38.1 Å². The summed E-state index contributed by atoms with van der Waals surface area (Å²) in [4.78, 5) is 15.1. The van der Waals surface area contributed by atoms with E-state index in [1.807, 2.05) is 36.4 Å². The zero-order chi connectivity index (χ0) is 21.0. The Morgan fingerprint density at radius 3 is 2.47 bits per heavy atom. The van der Waals surface area contributed by atoms with Crippen LogP contribution in [-0.4, -0.2) is 19.1 Å². The fourth-order valence-electron chi connectivity index (χ4n) is 4.48. The van der Waals surface area contributed by atoms with E-state index < -0.39 is 5.60 Å². The summed E-state index contributed by atoms with van der Waals surface area (Å²) in [6.45, 7) is 5.96. The molecule has 152 valence electrons. The first-order valence-corrected chi connectivity index (χ1v) is 10.4. The summed E-state index contributed by atoms with van der Waals surface area (Å²) in [5, 5.41) is 0.393. The Bertz CT molecular complexity index is 1190. The van der Waals surface area contributed by atoms with Crippen molar-refractivity contribution in [1.29, 1.82) is 0 Å². The van der Waals surface area contributed by atoms with Gasteiger partial charge >= 0.3 is 5.97 Å². The number of benzene rings is 3. The molecular formula is C24H21ClN2O3. The van der Waals surface area contributed by atoms with Crippen LogP contribution < -0.4 is 15.4 Å². The van der Waals surface area contributed by atoms with Crippen LogP contribution in [0.1, 0.15) is 40.9 Å². The lowest BCUT2D eigenvalue weighted by Crippen LogP contribution is -2.33. The maximum Gasteiger partial charge on any atom is 0.340 e. The van der Waals surface area contributed by atoms with E-state index in [0.29, 0.717) is 33.3 Å². The maximum absolute atomic E-state index is 12.8. The van der Waals surface area contributed by atoms with Crippen LogP contribution in [-0.2, 0) is 10.3 Å². The van der Waals surface area contributed by atoms with Gasteiger partial charge in [-0.3, -0.25) is 0 Å². The topological polar surface area (TPSA) is 64.8 Å². The molecule has 6 heteroatoms. The zero-order valence-electron chi connectivity index (χ0n) is 16.7. The molecule has 0 saturated carbocycles. The van der Waals surface area contributed by atoms with Crippen molar-refractivity contribution in [3.8, 4) is 11.5 Å². The van der Waals surface area contributed by atoms with E-state index in [9.17, 15) is 4.79 Å². The average Bonchev–Trinajstić information content (AvgIpc) is 3.04. The summed E-state index contributed by atoms with van der Waals surface area (Å²) in [6.07, 6.45) is 0. The summed E-state index contributed by atoms with van der Waals surface area (Å²) in [7, 11) is 0. The molecule has 2 aliphatic heterocycles. The molecule has 3 aromatic rings. The SMILES string of the molecule is CCN(CC)c1ccc2c(c1)Oc1cc(Cl)c(N)cc1C21OC(=O)c2ccccc21. The average molecular weight is 421 g/mol. The van der Waals surface area contributed by atoms with E-state index in [1.165, 1.54) is 0 Å². The van der Waals surface area contributed by atoms with E-state index in [2.05, 4.69) is 18.7 Å². The molecule has 1 atom stereocenters. The summed E-state index contributed by atoms with van der Waals surface area (Å²) in [5.41, 5.74) is 9.21. The second-order valence-corrected chi connectivity index (χ2v) is 7.85. The molecule has 0 fully saturated rings. The molecule has 0 bridgehead atoms. The Hall–Kier alpha value is -3.18. The molecule has 2 heterocycles. The summed E-state index contributed by atoms with van der Waals surface area (Å²) in [5.74, 6) is 0.797. The third-order valence-corrected chi connectivity index (χ3v) is 6.27. The van der Waals surface area contributed by atoms with Crippen LogP contribution in [0.2, 0.25) is 5.02 Å². The first-order chi connectivity index (χ1) is 14.5. The van der Waals surface area contributed by atoms with E-state index >= 15 is 0 Å². The fraction of sp³-hybridized carbons (Fsp3) is 0.208. The van der Waals surface area contributed by atoms with Crippen molar-refractivity contribution in [3.63, 3.8) is 0 Å². The third kappa shape index (κ3) is 2.45.